The topological polar surface area (TPSA) is 59.0 Å². The molecular weight excluding hydrogens is 330 g/mol. The number of amides is 1. The number of carbonyl (C=O) groups excluding carboxylic acids is 1. The number of rotatable bonds is 4. The van der Waals surface area contributed by atoms with Gasteiger partial charge in [0.15, 0.2) is 0 Å². The van der Waals surface area contributed by atoms with Gasteiger partial charge in [0.25, 0.3) is 0 Å². The van der Waals surface area contributed by atoms with Gasteiger partial charge in [-0.1, -0.05) is 30.3 Å². The molecule has 1 amide bonds. The van der Waals surface area contributed by atoms with Gasteiger partial charge >= 0.3 is 6.09 Å². The first kappa shape index (κ1) is 17.8. The Balaban J connectivity index is 1.31. The van der Waals surface area contributed by atoms with E-state index in [1.165, 1.54) is 12.7 Å². The van der Waals surface area contributed by atoms with Crippen molar-refractivity contribution < 1.29 is 19.4 Å². The number of ether oxygens (including phenoxy) is 2. The molecule has 0 bridgehead atoms. The molecule has 5 heteroatoms. The van der Waals surface area contributed by atoms with E-state index >= 15 is 0 Å². The maximum absolute atomic E-state index is 12.1. The van der Waals surface area contributed by atoms with Gasteiger partial charge < -0.3 is 14.6 Å². The molecule has 4 atom stereocenters. The van der Waals surface area contributed by atoms with Crippen molar-refractivity contribution in [2.75, 3.05) is 13.7 Å². The highest BCUT2D eigenvalue weighted by Crippen LogP contribution is 2.44. The minimum absolute atomic E-state index is 0.125. The molecule has 4 rings (SSSR count). The predicted octanol–water partition coefficient (Wildman–Crippen LogP) is 3.32. The van der Waals surface area contributed by atoms with Gasteiger partial charge in [-0.05, 0) is 50.0 Å². The number of fused-ring (bicyclic) bond motifs is 1. The van der Waals surface area contributed by atoms with E-state index < -0.39 is 6.10 Å². The third-order valence-electron chi connectivity index (χ3n) is 6.67. The second-order valence-electron chi connectivity index (χ2n) is 7.96. The number of carbonyl (C=O) groups is 1. The predicted molar refractivity (Wildman–Crippen MR) is 97.9 cm³/mol. The summed E-state index contributed by atoms with van der Waals surface area (Å²) >= 11 is 0. The largest absolute Gasteiger partial charge is 0.453 e. The van der Waals surface area contributed by atoms with Gasteiger partial charge in [-0.15, -0.1) is 0 Å². The molecule has 0 aromatic heterocycles. The van der Waals surface area contributed by atoms with Gasteiger partial charge in [-0.2, -0.15) is 0 Å². The number of nitrogens with zero attached hydrogens (tertiary/aromatic N) is 1. The molecule has 1 aromatic carbocycles. The van der Waals surface area contributed by atoms with Crippen molar-refractivity contribution in [3.8, 4) is 0 Å². The van der Waals surface area contributed by atoms with E-state index in [-0.39, 0.29) is 30.2 Å². The summed E-state index contributed by atoms with van der Waals surface area (Å²) in [5.74, 6) is 0.812. The molecule has 26 heavy (non-hydrogen) atoms. The van der Waals surface area contributed by atoms with Crippen LogP contribution in [0, 0.1) is 5.92 Å². The summed E-state index contributed by atoms with van der Waals surface area (Å²) in [5.41, 5.74) is 1.42. The lowest BCUT2D eigenvalue weighted by molar-refractivity contribution is -0.0258. The lowest BCUT2D eigenvalue weighted by Gasteiger charge is -2.36. The van der Waals surface area contributed by atoms with E-state index in [2.05, 4.69) is 30.3 Å². The Morgan fingerprint density at radius 2 is 1.85 bits per heavy atom. The highest BCUT2D eigenvalue weighted by Gasteiger charge is 2.55. The van der Waals surface area contributed by atoms with E-state index in [0.717, 1.165) is 38.5 Å². The van der Waals surface area contributed by atoms with Gasteiger partial charge in [-0.3, -0.25) is 4.90 Å². The molecule has 3 fully saturated rings. The molecule has 1 heterocycles. The third-order valence-corrected chi connectivity index (χ3v) is 6.67. The Bertz CT molecular complexity index is 614. The molecule has 1 saturated heterocycles. The summed E-state index contributed by atoms with van der Waals surface area (Å²) < 4.78 is 11.1. The van der Waals surface area contributed by atoms with Crippen LogP contribution in [0.1, 0.15) is 50.0 Å². The van der Waals surface area contributed by atoms with Crippen LogP contribution in [0.2, 0.25) is 0 Å². The van der Waals surface area contributed by atoms with Crippen molar-refractivity contribution in [2.24, 2.45) is 5.92 Å². The highest BCUT2D eigenvalue weighted by molar-refractivity contribution is 5.69. The summed E-state index contributed by atoms with van der Waals surface area (Å²) in [6, 6.07) is 10.6. The van der Waals surface area contributed by atoms with Crippen molar-refractivity contribution >= 4 is 6.09 Å². The Morgan fingerprint density at radius 3 is 2.46 bits per heavy atom. The zero-order valence-electron chi connectivity index (χ0n) is 15.4. The fraction of sp³-hybridized carbons (Fsp3) is 0.667. The average molecular weight is 359 g/mol. The van der Waals surface area contributed by atoms with Crippen LogP contribution in [-0.4, -0.2) is 54.1 Å². The van der Waals surface area contributed by atoms with Gasteiger partial charge in [0, 0.05) is 12.0 Å². The van der Waals surface area contributed by atoms with Crippen LogP contribution < -0.4 is 0 Å². The SMILES string of the molecule is COC(=O)N1[C@@H]2CC[C@@H]2[C@H](O)[C@@H]1COC1CCC(c2ccccc2)CC1. The fourth-order valence-electron chi connectivity index (χ4n) is 5.03. The minimum Gasteiger partial charge on any atom is -0.453 e. The molecule has 1 aromatic rings. The lowest BCUT2D eigenvalue weighted by atomic mass is 9.78. The number of methoxy groups -OCH3 is 1. The first-order chi connectivity index (χ1) is 12.7. The van der Waals surface area contributed by atoms with Crippen molar-refractivity contribution in [3.63, 3.8) is 0 Å². The Morgan fingerprint density at radius 1 is 1.12 bits per heavy atom. The van der Waals surface area contributed by atoms with E-state index in [1.807, 2.05) is 0 Å². The highest BCUT2D eigenvalue weighted by atomic mass is 16.5. The summed E-state index contributed by atoms with van der Waals surface area (Å²) in [5, 5.41) is 10.6. The van der Waals surface area contributed by atoms with Gasteiger partial charge in [-0.25, -0.2) is 4.79 Å². The molecule has 0 radical (unpaired) electrons. The van der Waals surface area contributed by atoms with Crippen LogP contribution >= 0.6 is 0 Å². The zero-order chi connectivity index (χ0) is 18.1. The van der Waals surface area contributed by atoms with E-state index in [1.54, 1.807) is 4.90 Å². The zero-order valence-corrected chi connectivity index (χ0v) is 15.4. The first-order valence-corrected chi connectivity index (χ1v) is 9.90. The van der Waals surface area contributed by atoms with E-state index in [4.69, 9.17) is 9.47 Å². The molecular formula is C21H29NO4. The van der Waals surface area contributed by atoms with E-state index in [9.17, 15) is 9.90 Å². The standard InChI is InChI=1S/C21H29NO4/c1-25-21(24)22-18-12-11-17(18)20(23)19(22)13-26-16-9-7-15(8-10-16)14-5-3-2-4-6-14/h2-6,15-20,23H,7-13H2,1H3/t15?,16?,17-,18+,19-,20-/m0/s1. The molecule has 2 saturated carbocycles. The summed E-state index contributed by atoms with van der Waals surface area (Å²) in [6.45, 7) is 0.407. The van der Waals surface area contributed by atoms with Gasteiger partial charge in [0.2, 0.25) is 0 Å². The molecule has 2 aliphatic carbocycles. The number of aliphatic hydroxyl groups excluding tert-OH is 1. The number of aliphatic hydroxyl groups is 1. The van der Waals surface area contributed by atoms with Gasteiger partial charge in [0.1, 0.15) is 0 Å². The maximum atomic E-state index is 12.1. The molecule has 142 valence electrons. The van der Waals surface area contributed by atoms with Crippen LogP contribution in [0.3, 0.4) is 0 Å². The molecule has 0 unspecified atom stereocenters. The third kappa shape index (κ3) is 3.23. The van der Waals surface area contributed by atoms with Crippen LogP contribution in [0.15, 0.2) is 30.3 Å². The van der Waals surface area contributed by atoms with Crippen LogP contribution in [-0.2, 0) is 9.47 Å². The number of hydrogen-bond donors (Lipinski definition) is 1. The number of hydrogen-bond acceptors (Lipinski definition) is 4. The van der Waals surface area contributed by atoms with Crippen molar-refractivity contribution in [3.05, 3.63) is 35.9 Å². The second kappa shape index (κ2) is 7.57. The summed E-state index contributed by atoms with van der Waals surface area (Å²) in [7, 11) is 1.41. The second-order valence-corrected chi connectivity index (χ2v) is 7.96. The van der Waals surface area contributed by atoms with Crippen LogP contribution in [0.25, 0.3) is 0 Å². The quantitative estimate of drug-likeness (QED) is 0.896. The van der Waals surface area contributed by atoms with Crippen LogP contribution in [0.5, 0.6) is 0 Å². The normalized spacial score (nSPS) is 36.3. The van der Waals surface area contributed by atoms with Crippen molar-refractivity contribution in [2.45, 2.75) is 68.7 Å². The van der Waals surface area contributed by atoms with E-state index in [0.29, 0.717) is 12.5 Å². The molecule has 3 aliphatic rings. The van der Waals surface area contributed by atoms with Gasteiger partial charge in [0.05, 0.1) is 32.0 Å². The number of benzene rings is 1. The van der Waals surface area contributed by atoms with Crippen molar-refractivity contribution in [1.29, 1.82) is 0 Å². The fourth-order valence-corrected chi connectivity index (χ4v) is 5.03. The molecule has 0 spiro atoms. The van der Waals surface area contributed by atoms with Crippen molar-refractivity contribution in [1.82, 2.24) is 4.90 Å². The Labute approximate surface area is 155 Å². The molecule has 5 nitrogen and oxygen atoms in total. The lowest BCUT2D eigenvalue weighted by Crippen LogP contribution is -2.47. The molecule has 1 aliphatic heterocycles. The maximum Gasteiger partial charge on any atom is 0.410 e. The smallest absolute Gasteiger partial charge is 0.410 e. The number of likely N-dealkylation sites (tertiary alicyclic amines) is 1. The summed E-state index contributed by atoms with van der Waals surface area (Å²) in [6.07, 6.45) is 5.67. The molecule has 1 N–H and O–H groups in total. The van der Waals surface area contributed by atoms with Crippen LogP contribution in [0.4, 0.5) is 4.79 Å². The Hall–Kier alpha value is -1.59. The summed E-state index contributed by atoms with van der Waals surface area (Å²) in [4.78, 5) is 13.9. The Kier molecular flexibility index (Phi) is 5.18. The first-order valence-electron chi connectivity index (χ1n) is 9.90. The monoisotopic (exact) mass is 359 g/mol. The average Bonchev–Trinajstić information content (AvgIpc) is 2.85. The minimum atomic E-state index is -0.492.